The molecule has 0 saturated carbocycles. The Hall–Kier alpha value is -0.870. The van der Waals surface area contributed by atoms with E-state index < -0.39 is 0 Å². The number of nitrogens with one attached hydrogen (secondary N) is 2. The highest BCUT2D eigenvalue weighted by molar-refractivity contribution is 14.0. The van der Waals surface area contributed by atoms with Gasteiger partial charge in [-0.05, 0) is 23.1 Å². The molecule has 5 nitrogen and oxygen atoms in total. The van der Waals surface area contributed by atoms with Crippen molar-refractivity contribution in [1.29, 1.82) is 0 Å². The van der Waals surface area contributed by atoms with Gasteiger partial charge in [0, 0.05) is 43.1 Å². The molecule has 1 aromatic carbocycles. The Labute approximate surface area is 187 Å². The predicted octanol–water partition coefficient (Wildman–Crippen LogP) is 3.76. The smallest absolute Gasteiger partial charge is 0.191 e. The summed E-state index contributed by atoms with van der Waals surface area (Å²) in [6.07, 6.45) is 0. The third-order valence-corrected chi connectivity index (χ3v) is 5.79. The van der Waals surface area contributed by atoms with Crippen LogP contribution in [0, 0.1) is 0 Å². The third kappa shape index (κ3) is 6.60. The van der Waals surface area contributed by atoms with E-state index in [1.54, 1.807) is 18.4 Å². The minimum atomic E-state index is 0. The lowest BCUT2D eigenvalue weighted by Gasteiger charge is -2.34. The van der Waals surface area contributed by atoms with E-state index in [4.69, 9.17) is 16.3 Å². The van der Waals surface area contributed by atoms with Gasteiger partial charge in [-0.1, -0.05) is 35.9 Å². The Bertz CT molecular complexity index is 707. The Morgan fingerprint density at radius 1 is 1.22 bits per heavy atom. The van der Waals surface area contributed by atoms with E-state index in [9.17, 15) is 0 Å². The lowest BCUT2D eigenvalue weighted by molar-refractivity contribution is 0.0177. The minimum Gasteiger partial charge on any atom is -0.379 e. The van der Waals surface area contributed by atoms with Crippen LogP contribution in [0.1, 0.15) is 16.5 Å². The van der Waals surface area contributed by atoms with Crippen LogP contribution in [-0.4, -0.2) is 50.8 Å². The second-order valence-corrected chi connectivity index (χ2v) is 7.46. The molecule has 2 aromatic rings. The molecule has 1 fully saturated rings. The Morgan fingerprint density at radius 2 is 2.00 bits per heavy atom. The van der Waals surface area contributed by atoms with Crippen molar-refractivity contribution in [2.45, 2.75) is 12.6 Å². The van der Waals surface area contributed by atoms with Gasteiger partial charge in [0.2, 0.25) is 0 Å². The first-order valence-electron chi connectivity index (χ1n) is 8.81. The number of aliphatic imine (C=N–C) groups is 1. The van der Waals surface area contributed by atoms with Gasteiger partial charge in [-0.25, -0.2) is 0 Å². The molecule has 148 valence electrons. The summed E-state index contributed by atoms with van der Waals surface area (Å²) in [4.78, 5) is 8.18. The molecule has 1 aliphatic rings. The molecule has 1 unspecified atom stereocenters. The number of halogens is 2. The molecule has 0 radical (unpaired) electrons. The molecule has 27 heavy (non-hydrogen) atoms. The molecular weight excluding hydrogens is 495 g/mol. The van der Waals surface area contributed by atoms with Crippen molar-refractivity contribution >= 4 is 52.9 Å². The summed E-state index contributed by atoms with van der Waals surface area (Å²) in [7, 11) is 1.79. The molecule has 8 heteroatoms. The van der Waals surface area contributed by atoms with Crippen LogP contribution in [-0.2, 0) is 11.3 Å². The van der Waals surface area contributed by atoms with Gasteiger partial charge in [0.25, 0.3) is 0 Å². The lowest BCUT2D eigenvalue weighted by Crippen LogP contribution is -2.46. The van der Waals surface area contributed by atoms with Crippen molar-refractivity contribution in [3.63, 3.8) is 0 Å². The number of nitrogens with zero attached hydrogens (tertiary/aromatic N) is 2. The maximum atomic E-state index is 6.23. The van der Waals surface area contributed by atoms with Gasteiger partial charge in [-0.3, -0.25) is 9.89 Å². The molecule has 0 bridgehead atoms. The standard InChI is InChI=1S/C19H25ClN4OS.HI/c1-21-19(22-13-15-5-2-3-6-16(15)20)23-14-17(18-7-4-12-26-18)24-8-10-25-11-9-24;/h2-7,12,17H,8-11,13-14H2,1H3,(H2,21,22,23);1H. The summed E-state index contributed by atoms with van der Waals surface area (Å²) in [5.41, 5.74) is 1.06. The van der Waals surface area contributed by atoms with Crippen molar-refractivity contribution in [3.05, 3.63) is 57.2 Å². The van der Waals surface area contributed by atoms with Crippen LogP contribution in [0.15, 0.2) is 46.8 Å². The summed E-state index contributed by atoms with van der Waals surface area (Å²) in [5.74, 6) is 0.778. The fourth-order valence-corrected chi connectivity index (χ4v) is 4.08. The first-order valence-corrected chi connectivity index (χ1v) is 10.1. The fourth-order valence-electron chi connectivity index (χ4n) is 3.01. The third-order valence-electron chi connectivity index (χ3n) is 4.45. The summed E-state index contributed by atoms with van der Waals surface area (Å²) >= 11 is 8.03. The van der Waals surface area contributed by atoms with E-state index in [2.05, 4.69) is 38.0 Å². The summed E-state index contributed by atoms with van der Waals surface area (Å²) < 4.78 is 5.51. The molecule has 2 heterocycles. The molecule has 0 amide bonds. The normalized spacial score (nSPS) is 16.4. The molecule has 0 aliphatic carbocycles. The monoisotopic (exact) mass is 520 g/mol. The zero-order valence-electron chi connectivity index (χ0n) is 15.4. The molecule has 1 atom stereocenters. The number of guanidine groups is 1. The minimum absolute atomic E-state index is 0. The topological polar surface area (TPSA) is 48.9 Å². The lowest BCUT2D eigenvalue weighted by atomic mass is 10.2. The van der Waals surface area contributed by atoms with Crippen molar-refractivity contribution in [2.75, 3.05) is 39.9 Å². The molecule has 1 aromatic heterocycles. The van der Waals surface area contributed by atoms with E-state index in [0.29, 0.717) is 12.6 Å². The van der Waals surface area contributed by atoms with Crippen molar-refractivity contribution in [2.24, 2.45) is 4.99 Å². The number of hydrogen-bond donors (Lipinski definition) is 2. The SMILES string of the molecule is CN=C(NCc1ccccc1Cl)NCC(c1cccs1)N1CCOCC1.I. The molecular formula is C19H26ClIN4OS. The average molecular weight is 521 g/mol. The highest BCUT2D eigenvalue weighted by Gasteiger charge is 2.23. The van der Waals surface area contributed by atoms with Crippen LogP contribution in [0.4, 0.5) is 0 Å². The zero-order chi connectivity index (χ0) is 18.2. The van der Waals surface area contributed by atoms with E-state index in [1.807, 2.05) is 24.3 Å². The van der Waals surface area contributed by atoms with Gasteiger partial charge in [-0.2, -0.15) is 0 Å². The average Bonchev–Trinajstić information content (AvgIpc) is 3.21. The zero-order valence-corrected chi connectivity index (χ0v) is 19.3. The van der Waals surface area contributed by atoms with Gasteiger partial charge in [0.1, 0.15) is 0 Å². The number of morpholine rings is 1. The molecule has 2 N–H and O–H groups in total. The van der Waals surface area contributed by atoms with Crippen LogP contribution in [0.25, 0.3) is 0 Å². The van der Waals surface area contributed by atoms with Crippen molar-refractivity contribution in [1.82, 2.24) is 15.5 Å². The van der Waals surface area contributed by atoms with Crippen molar-refractivity contribution in [3.8, 4) is 0 Å². The van der Waals surface area contributed by atoms with E-state index in [-0.39, 0.29) is 24.0 Å². The van der Waals surface area contributed by atoms with Crippen LogP contribution < -0.4 is 10.6 Å². The van der Waals surface area contributed by atoms with Gasteiger partial charge in [0.15, 0.2) is 5.96 Å². The molecule has 1 aliphatic heterocycles. The van der Waals surface area contributed by atoms with E-state index in [0.717, 1.165) is 49.4 Å². The number of hydrogen-bond acceptors (Lipinski definition) is 4. The van der Waals surface area contributed by atoms with Crippen molar-refractivity contribution < 1.29 is 4.74 Å². The second kappa shape index (κ2) is 11.9. The molecule has 3 rings (SSSR count). The highest BCUT2D eigenvalue weighted by Crippen LogP contribution is 2.25. The van der Waals surface area contributed by atoms with Crippen LogP contribution in [0.3, 0.4) is 0 Å². The summed E-state index contributed by atoms with van der Waals surface area (Å²) in [6.45, 7) is 4.93. The van der Waals surface area contributed by atoms with Crippen LogP contribution >= 0.6 is 46.9 Å². The maximum Gasteiger partial charge on any atom is 0.191 e. The van der Waals surface area contributed by atoms with Gasteiger partial charge in [0.05, 0.1) is 19.3 Å². The Kier molecular flexibility index (Phi) is 9.84. The summed E-state index contributed by atoms with van der Waals surface area (Å²) in [5, 5.41) is 9.71. The molecule has 0 spiro atoms. The number of ether oxygens (including phenoxy) is 1. The van der Waals surface area contributed by atoms with E-state index >= 15 is 0 Å². The Morgan fingerprint density at radius 3 is 2.67 bits per heavy atom. The highest BCUT2D eigenvalue weighted by atomic mass is 127. The quantitative estimate of drug-likeness (QED) is 0.346. The number of rotatable bonds is 6. The van der Waals surface area contributed by atoms with Gasteiger partial charge < -0.3 is 15.4 Å². The second-order valence-electron chi connectivity index (χ2n) is 6.08. The predicted molar refractivity (Wildman–Crippen MR) is 125 cm³/mol. The fraction of sp³-hybridized carbons (Fsp3) is 0.421. The Balaban J connectivity index is 0.00000261. The van der Waals surface area contributed by atoms with Crippen LogP contribution in [0.5, 0.6) is 0 Å². The maximum absolute atomic E-state index is 6.23. The summed E-state index contributed by atoms with van der Waals surface area (Å²) in [6, 6.07) is 12.5. The largest absolute Gasteiger partial charge is 0.379 e. The first-order chi connectivity index (χ1) is 12.8. The van der Waals surface area contributed by atoms with Crippen LogP contribution in [0.2, 0.25) is 5.02 Å². The number of thiophene rings is 1. The van der Waals surface area contributed by atoms with Gasteiger partial charge in [-0.15, -0.1) is 35.3 Å². The first kappa shape index (κ1) is 22.4. The van der Waals surface area contributed by atoms with Gasteiger partial charge >= 0.3 is 0 Å². The number of benzene rings is 1. The van der Waals surface area contributed by atoms with E-state index in [1.165, 1.54) is 4.88 Å². The molecule has 1 saturated heterocycles.